The molecule has 24 heavy (non-hydrogen) atoms. The first kappa shape index (κ1) is 17.7. The van der Waals surface area contributed by atoms with E-state index < -0.39 is 21.8 Å². The van der Waals surface area contributed by atoms with Gasteiger partial charge in [-0.05, 0) is 42.5 Å². The molecule has 0 heterocycles. The molecule has 7 heteroatoms. The maximum atomic E-state index is 13.1. The lowest BCUT2D eigenvalue weighted by molar-refractivity contribution is 0.0600. The predicted octanol–water partition coefficient (Wildman–Crippen LogP) is 2.99. The van der Waals surface area contributed by atoms with E-state index in [-0.39, 0.29) is 22.7 Å². The molecule has 0 fully saturated rings. The molecule has 2 aromatic carbocycles. The fourth-order valence-electron chi connectivity index (χ4n) is 2.10. The number of methoxy groups -OCH3 is 1. The van der Waals surface area contributed by atoms with Crippen LogP contribution in [0.4, 0.5) is 10.1 Å². The van der Waals surface area contributed by atoms with Gasteiger partial charge in [-0.25, -0.2) is 17.6 Å². The number of sulfonamides is 1. The molecule has 0 aromatic heterocycles. The third kappa shape index (κ3) is 3.62. The molecule has 0 saturated carbocycles. The zero-order valence-corrected chi connectivity index (χ0v) is 13.8. The van der Waals surface area contributed by atoms with Crippen LogP contribution in [0.5, 0.6) is 0 Å². The first-order chi connectivity index (χ1) is 11.4. The first-order valence-corrected chi connectivity index (χ1v) is 8.41. The Labute approximate surface area is 140 Å². The molecular formula is C17H16FNO4S. The average molecular weight is 349 g/mol. The first-order valence-electron chi connectivity index (χ1n) is 6.97. The molecule has 0 radical (unpaired) electrons. The number of halogens is 1. The van der Waals surface area contributed by atoms with Gasteiger partial charge in [-0.3, -0.25) is 4.31 Å². The zero-order valence-electron chi connectivity index (χ0n) is 13.0. The van der Waals surface area contributed by atoms with Gasteiger partial charge in [-0.1, -0.05) is 12.1 Å². The van der Waals surface area contributed by atoms with Crippen LogP contribution in [0.2, 0.25) is 0 Å². The second kappa shape index (κ2) is 7.27. The standard InChI is InChI=1S/C17H16FNO4S/c1-3-11-19(15-6-4-5-13(12-15)17(20)23-2)24(21,22)16-9-7-14(18)8-10-16/h3-10,12H,1,11H2,2H3. The highest BCUT2D eigenvalue weighted by Gasteiger charge is 2.24. The number of carbonyl (C=O) groups is 1. The van der Waals surface area contributed by atoms with Gasteiger partial charge in [-0.15, -0.1) is 6.58 Å². The van der Waals surface area contributed by atoms with E-state index in [2.05, 4.69) is 11.3 Å². The van der Waals surface area contributed by atoms with Crippen molar-refractivity contribution in [2.45, 2.75) is 4.90 Å². The summed E-state index contributed by atoms with van der Waals surface area (Å²) in [6.45, 7) is 3.55. The SMILES string of the molecule is C=CCN(c1cccc(C(=O)OC)c1)S(=O)(=O)c1ccc(F)cc1. The van der Waals surface area contributed by atoms with Crippen LogP contribution in [0, 0.1) is 5.82 Å². The van der Waals surface area contributed by atoms with Crippen LogP contribution in [0.3, 0.4) is 0 Å². The number of hydrogen-bond acceptors (Lipinski definition) is 4. The Balaban J connectivity index is 2.51. The Morgan fingerprint density at radius 2 is 1.92 bits per heavy atom. The molecule has 0 amide bonds. The highest BCUT2D eigenvalue weighted by atomic mass is 32.2. The van der Waals surface area contributed by atoms with Crippen molar-refractivity contribution in [2.75, 3.05) is 18.0 Å². The fraction of sp³-hybridized carbons (Fsp3) is 0.118. The van der Waals surface area contributed by atoms with Gasteiger partial charge in [0, 0.05) is 0 Å². The summed E-state index contributed by atoms with van der Waals surface area (Å²) in [5.41, 5.74) is 0.500. The molecular weight excluding hydrogens is 333 g/mol. The molecule has 126 valence electrons. The summed E-state index contributed by atoms with van der Waals surface area (Å²) in [6, 6.07) is 10.6. The third-order valence-electron chi connectivity index (χ3n) is 3.25. The topological polar surface area (TPSA) is 63.7 Å². The van der Waals surface area contributed by atoms with E-state index in [0.29, 0.717) is 0 Å². The summed E-state index contributed by atoms with van der Waals surface area (Å²) in [7, 11) is -2.70. The summed E-state index contributed by atoms with van der Waals surface area (Å²) in [4.78, 5) is 11.6. The smallest absolute Gasteiger partial charge is 0.337 e. The zero-order chi connectivity index (χ0) is 17.7. The molecule has 0 aliphatic rings. The van der Waals surface area contributed by atoms with E-state index in [1.54, 1.807) is 12.1 Å². The van der Waals surface area contributed by atoms with Gasteiger partial charge in [0.2, 0.25) is 0 Å². The van der Waals surface area contributed by atoms with E-state index in [4.69, 9.17) is 0 Å². The molecule has 0 bridgehead atoms. The fourth-order valence-corrected chi connectivity index (χ4v) is 3.53. The Bertz CT molecular complexity index is 847. The second-order valence-corrected chi connectivity index (χ2v) is 6.68. The molecule has 0 saturated heterocycles. The Kier molecular flexibility index (Phi) is 5.35. The number of nitrogens with zero attached hydrogens (tertiary/aromatic N) is 1. The summed E-state index contributed by atoms with van der Waals surface area (Å²) < 4.78 is 44.4. The van der Waals surface area contributed by atoms with Crippen molar-refractivity contribution in [2.24, 2.45) is 0 Å². The lowest BCUT2D eigenvalue weighted by Gasteiger charge is -2.23. The van der Waals surface area contributed by atoms with E-state index >= 15 is 0 Å². The van der Waals surface area contributed by atoms with Gasteiger partial charge < -0.3 is 4.74 Å². The normalized spacial score (nSPS) is 10.9. The second-order valence-electron chi connectivity index (χ2n) is 4.82. The molecule has 2 aromatic rings. The molecule has 0 spiro atoms. The van der Waals surface area contributed by atoms with Gasteiger partial charge in [0.15, 0.2) is 0 Å². The van der Waals surface area contributed by atoms with Crippen molar-refractivity contribution in [3.05, 3.63) is 72.6 Å². The van der Waals surface area contributed by atoms with Crippen molar-refractivity contribution in [3.63, 3.8) is 0 Å². The Morgan fingerprint density at radius 3 is 2.50 bits per heavy atom. The highest BCUT2D eigenvalue weighted by Crippen LogP contribution is 2.25. The van der Waals surface area contributed by atoms with Gasteiger partial charge >= 0.3 is 5.97 Å². The van der Waals surface area contributed by atoms with Crippen molar-refractivity contribution < 1.29 is 22.3 Å². The molecule has 2 rings (SSSR count). The van der Waals surface area contributed by atoms with Crippen LogP contribution < -0.4 is 4.31 Å². The number of ether oxygens (including phenoxy) is 1. The van der Waals surface area contributed by atoms with E-state index in [1.807, 2.05) is 0 Å². The van der Waals surface area contributed by atoms with Gasteiger partial charge in [0.1, 0.15) is 5.82 Å². The number of rotatable bonds is 6. The quantitative estimate of drug-likeness (QED) is 0.594. The summed E-state index contributed by atoms with van der Waals surface area (Å²) in [5.74, 6) is -1.11. The Hall–Kier alpha value is -2.67. The minimum absolute atomic E-state index is 0.00959. The van der Waals surface area contributed by atoms with Crippen LogP contribution in [-0.4, -0.2) is 28.0 Å². The van der Waals surface area contributed by atoms with Crippen LogP contribution in [-0.2, 0) is 14.8 Å². The maximum Gasteiger partial charge on any atom is 0.337 e. The molecule has 0 unspecified atom stereocenters. The van der Waals surface area contributed by atoms with Crippen LogP contribution in [0.1, 0.15) is 10.4 Å². The summed E-state index contributed by atoms with van der Waals surface area (Å²) in [5, 5.41) is 0. The van der Waals surface area contributed by atoms with Crippen LogP contribution in [0.25, 0.3) is 0 Å². The van der Waals surface area contributed by atoms with Crippen molar-refractivity contribution in [1.82, 2.24) is 0 Å². The monoisotopic (exact) mass is 349 g/mol. The van der Waals surface area contributed by atoms with Gasteiger partial charge in [0.25, 0.3) is 10.0 Å². The minimum Gasteiger partial charge on any atom is -0.465 e. The number of benzene rings is 2. The molecule has 0 N–H and O–H groups in total. The van der Waals surface area contributed by atoms with Crippen molar-refractivity contribution in [3.8, 4) is 0 Å². The van der Waals surface area contributed by atoms with E-state index in [0.717, 1.165) is 16.4 Å². The van der Waals surface area contributed by atoms with Gasteiger partial charge in [-0.2, -0.15) is 0 Å². The maximum absolute atomic E-state index is 13.1. The van der Waals surface area contributed by atoms with E-state index in [1.165, 1.54) is 37.5 Å². The Morgan fingerprint density at radius 1 is 1.25 bits per heavy atom. The molecule has 0 aliphatic heterocycles. The number of carbonyl (C=O) groups excluding carboxylic acids is 1. The summed E-state index contributed by atoms with van der Waals surface area (Å²) >= 11 is 0. The predicted molar refractivity (Wildman–Crippen MR) is 88.9 cm³/mol. The average Bonchev–Trinajstić information content (AvgIpc) is 2.59. The molecule has 0 aliphatic carbocycles. The molecule has 5 nitrogen and oxygen atoms in total. The van der Waals surface area contributed by atoms with E-state index in [9.17, 15) is 17.6 Å². The largest absolute Gasteiger partial charge is 0.465 e. The van der Waals surface area contributed by atoms with Crippen molar-refractivity contribution >= 4 is 21.7 Å². The lowest BCUT2D eigenvalue weighted by atomic mass is 10.2. The minimum atomic E-state index is -3.94. The number of hydrogen-bond donors (Lipinski definition) is 0. The third-order valence-corrected chi connectivity index (χ3v) is 5.06. The lowest BCUT2D eigenvalue weighted by Crippen LogP contribution is -2.31. The van der Waals surface area contributed by atoms with Crippen molar-refractivity contribution in [1.29, 1.82) is 0 Å². The number of anilines is 1. The number of esters is 1. The highest BCUT2D eigenvalue weighted by molar-refractivity contribution is 7.92. The molecule has 0 atom stereocenters. The summed E-state index contributed by atoms with van der Waals surface area (Å²) in [6.07, 6.45) is 1.42. The van der Waals surface area contributed by atoms with Crippen LogP contribution in [0.15, 0.2) is 66.1 Å². The van der Waals surface area contributed by atoms with Crippen LogP contribution >= 0.6 is 0 Å². The van der Waals surface area contributed by atoms with Gasteiger partial charge in [0.05, 0.1) is 29.8 Å².